The Morgan fingerprint density at radius 2 is 1.94 bits per heavy atom. The van der Waals surface area contributed by atoms with Gasteiger partial charge < -0.3 is 0 Å². The van der Waals surface area contributed by atoms with E-state index in [9.17, 15) is 13.2 Å². The van der Waals surface area contributed by atoms with Crippen LogP contribution in [0.4, 0.5) is 5.13 Å². The molecule has 1 N–H and O–H groups in total. The highest BCUT2D eigenvalue weighted by molar-refractivity contribution is 7.89. The number of carbonyl (C=O) groups is 1. The molecule has 164 valence electrons. The molecule has 0 saturated carbocycles. The number of nitrogens with zero attached hydrogens (tertiary/aromatic N) is 2. The van der Waals surface area contributed by atoms with Gasteiger partial charge in [-0.1, -0.05) is 30.7 Å². The van der Waals surface area contributed by atoms with E-state index in [-0.39, 0.29) is 16.8 Å². The fraction of sp³-hybridized carbons (Fsp3) is 0.391. The van der Waals surface area contributed by atoms with E-state index >= 15 is 0 Å². The highest BCUT2D eigenvalue weighted by atomic mass is 32.2. The first kappa shape index (κ1) is 21.9. The van der Waals surface area contributed by atoms with Gasteiger partial charge in [-0.3, -0.25) is 10.1 Å². The van der Waals surface area contributed by atoms with Gasteiger partial charge in [-0.25, -0.2) is 13.4 Å². The van der Waals surface area contributed by atoms with Crippen molar-refractivity contribution in [1.82, 2.24) is 9.29 Å². The van der Waals surface area contributed by atoms with E-state index in [1.165, 1.54) is 23.5 Å². The van der Waals surface area contributed by atoms with Crippen molar-refractivity contribution < 1.29 is 13.2 Å². The molecule has 4 rings (SSSR count). The Morgan fingerprint density at radius 3 is 2.65 bits per heavy atom. The van der Waals surface area contributed by atoms with Crippen LogP contribution in [0.25, 0.3) is 10.2 Å². The van der Waals surface area contributed by atoms with Crippen LogP contribution in [-0.4, -0.2) is 36.2 Å². The molecule has 2 heterocycles. The Balaban J connectivity index is 1.52. The summed E-state index contributed by atoms with van der Waals surface area (Å²) in [5, 5.41) is 3.37. The maximum absolute atomic E-state index is 13.1. The van der Waals surface area contributed by atoms with E-state index < -0.39 is 10.0 Å². The van der Waals surface area contributed by atoms with Crippen LogP contribution in [0.1, 0.15) is 54.1 Å². The monoisotopic (exact) mass is 457 g/mol. The van der Waals surface area contributed by atoms with Crippen LogP contribution in [0.3, 0.4) is 0 Å². The maximum atomic E-state index is 13.1. The molecule has 3 aromatic rings. The van der Waals surface area contributed by atoms with Crippen LogP contribution < -0.4 is 5.32 Å². The molecule has 2 aromatic carbocycles. The van der Waals surface area contributed by atoms with Gasteiger partial charge in [-0.05, 0) is 74.6 Å². The normalized spacial score (nSPS) is 17.7. The summed E-state index contributed by atoms with van der Waals surface area (Å²) in [5.74, 6) is -0.304. The Hall–Kier alpha value is -2.29. The van der Waals surface area contributed by atoms with Crippen LogP contribution in [-0.2, 0) is 10.0 Å². The first-order valence-electron chi connectivity index (χ1n) is 10.6. The molecule has 0 spiro atoms. The number of rotatable bonds is 5. The van der Waals surface area contributed by atoms with Gasteiger partial charge in [0.15, 0.2) is 5.13 Å². The summed E-state index contributed by atoms with van der Waals surface area (Å²) in [4.78, 5) is 17.5. The van der Waals surface area contributed by atoms with Crippen LogP contribution in [0.5, 0.6) is 0 Å². The smallest absolute Gasteiger partial charge is 0.257 e. The lowest BCUT2D eigenvalue weighted by molar-refractivity contribution is 0.102. The highest BCUT2D eigenvalue weighted by Gasteiger charge is 2.32. The zero-order valence-corrected chi connectivity index (χ0v) is 19.6. The van der Waals surface area contributed by atoms with Crippen molar-refractivity contribution in [2.75, 3.05) is 11.9 Å². The number of benzene rings is 2. The standard InChI is InChI=1S/C23H27N3O3S2/c1-4-18-7-5-6-12-26(18)31(28,29)19-10-8-17(9-11-19)22(27)25-23-24-20-14-15(2)13-16(3)21(20)30-23/h8-11,13-14,18H,4-7,12H2,1-3H3,(H,24,25,27). The average molecular weight is 458 g/mol. The largest absolute Gasteiger partial charge is 0.298 e. The molecule has 31 heavy (non-hydrogen) atoms. The molecule has 0 bridgehead atoms. The molecule has 1 aliphatic heterocycles. The molecule has 1 amide bonds. The summed E-state index contributed by atoms with van der Waals surface area (Å²) in [6.45, 7) is 6.63. The number of aromatic nitrogens is 1. The SMILES string of the molecule is CCC1CCCCN1S(=O)(=O)c1ccc(C(=O)Nc2nc3cc(C)cc(C)c3s2)cc1. The third kappa shape index (κ3) is 4.37. The molecule has 8 heteroatoms. The summed E-state index contributed by atoms with van der Waals surface area (Å²) in [5.41, 5.74) is 3.53. The summed E-state index contributed by atoms with van der Waals surface area (Å²) in [7, 11) is -3.56. The molecule has 1 saturated heterocycles. The molecule has 0 radical (unpaired) electrons. The summed E-state index contributed by atoms with van der Waals surface area (Å²) >= 11 is 1.44. The van der Waals surface area contributed by atoms with Gasteiger partial charge in [0.2, 0.25) is 10.0 Å². The van der Waals surface area contributed by atoms with Gasteiger partial charge in [0.05, 0.1) is 15.1 Å². The van der Waals surface area contributed by atoms with E-state index in [1.807, 2.05) is 26.8 Å². The van der Waals surface area contributed by atoms with Crippen LogP contribution in [0.15, 0.2) is 41.3 Å². The number of anilines is 1. The molecule has 1 atom stereocenters. The topological polar surface area (TPSA) is 79.4 Å². The van der Waals surface area contributed by atoms with Crippen molar-refractivity contribution >= 4 is 42.6 Å². The van der Waals surface area contributed by atoms with Crippen LogP contribution in [0, 0.1) is 13.8 Å². The van der Waals surface area contributed by atoms with Crippen molar-refractivity contribution in [3.05, 3.63) is 53.1 Å². The van der Waals surface area contributed by atoms with Crippen LogP contribution in [0.2, 0.25) is 0 Å². The molecule has 1 fully saturated rings. The second-order valence-electron chi connectivity index (χ2n) is 8.10. The van der Waals surface area contributed by atoms with Gasteiger partial charge in [0, 0.05) is 18.2 Å². The van der Waals surface area contributed by atoms with Crippen molar-refractivity contribution in [2.45, 2.75) is 57.4 Å². The molecule has 1 unspecified atom stereocenters. The zero-order valence-electron chi connectivity index (χ0n) is 18.0. The first-order valence-corrected chi connectivity index (χ1v) is 12.9. The number of amides is 1. The molecular formula is C23H27N3O3S2. The quantitative estimate of drug-likeness (QED) is 0.577. The minimum absolute atomic E-state index is 0.0489. The number of carbonyl (C=O) groups excluding carboxylic acids is 1. The fourth-order valence-electron chi connectivity index (χ4n) is 4.21. The average Bonchev–Trinajstić information content (AvgIpc) is 3.16. The fourth-order valence-corrected chi connectivity index (χ4v) is 6.89. The number of hydrogen-bond acceptors (Lipinski definition) is 5. The van der Waals surface area contributed by atoms with E-state index in [4.69, 9.17) is 0 Å². The van der Waals surface area contributed by atoms with Gasteiger partial charge in [0.25, 0.3) is 5.91 Å². The van der Waals surface area contributed by atoms with Gasteiger partial charge >= 0.3 is 0 Å². The van der Waals surface area contributed by atoms with E-state index in [2.05, 4.69) is 16.4 Å². The zero-order chi connectivity index (χ0) is 22.2. The molecule has 1 aromatic heterocycles. The molecule has 6 nitrogen and oxygen atoms in total. The maximum Gasteiger partial charge on any atom is 0.257 e. The van der Waals surface area contributed by atoms with Crippen molar-refractivity contribution in [3.63, 3.8) is 0 Å². The van der Waals surface area contributed by atoms with Crippen molar-refractivity contribution in [1.29, 1.82) is 0 Å². The van der Waals surface area contributed by atoms with Crippen molar-refractivity contribution in [3.8, 4) is 0 Å². The van der Waals surface area contributed by atoms with Crippen LogP contribution >= 0.6 is 11.3 Å². The predicted octanol–water partition coefficient (Wildman–Crippen LogP) is 5.12. The second kappa shape index (κ2) is 8.68. The molecule has 1 aliphatic rings. The predicted molar refractivity (Wildman–Crippen MR) is 125 cm³/mol. The number of aryl methyl sites for hydroxylation is 2. The summed E-state index contributed by atoms with van der Waals surface area (Å²) in [6.07, 6.45) is 3.66. The lowest BCUT2D eigenvalue weighted by Gasteiger charge is -2.34. The number of nitrogens with one attached hydrogen (secondary N) is 1. The number of thiazole rings is 1. The molecular weight excluding hydrogens is 430 g/mol. The second-order valence-corrected chi connectivity index (χ2v) is 11.0. The number of fused-ring (bicyclic) bond motifs is 1. The summed E-state index contributed by atoms with van der Waals surface area (Å²) in [6, 6.07) is 10.3. The third-order valence-corrected chi connectivity index (χ3v) is 8.90. The number of hydrogen-bond donors (Lipinski definition) is 1. The Kier molecular flexibility index (Phi) is 6.14. The third-order valence-electron chi connectivity index (χ3n) is 5.81. The Labute approximate surface area is 187 Å². The summed E-state index contributed by atoms with van der Waals surface area (Å²) < 4.78 is 28.9. The van der Waals surface area contributed by atoms with E-state index in [1.54, 1.807) is 16.4 Å². The Bertz CT molecular complexity index is 1220. The van der Waals surface area contributed by atoms with Crippen molar-refractivity contribution in [2.24, 2.45) is 0 Å². The highest BCUT2D eigenvalue weighted by Crippen LogP contribution is 2.30. The lowest BCUT2D eigenvalue weighted by Crippen LogP contribution is -2.43. The number of sulfonamides is 1. The van der Waals surface area contributed by atoms with Gasteiger partial charge in [-0.15, -0.1) is 0 Å². The first-order chi connectivity index (χ1) is 14.8. The molecule has 0 aliphatic carbocycles. The number of piperidine rings is 1. The van der Waals surface area contributed by atoms with E-state index in [0.717, 1.165) is 47.0 Å². The minimum atomic E-state index is -3.56. The van der Waals surface area contributed by atoms with Gasteiger partial charge in [0.1, 0.15) is 0 Å². The lowest BCUT2D eigenvalue weighted by atomic mass is 10.0. The van der Waals surface area contributed by atoms with E-state index in [0.29, 0.717) is 17.2 Å². The van der Waals surface area contributed by atoms with Gasteiger partial charge in [-0.2, -0.15) is 4.31 Å². The Morgan fingerprint density at radius 1 is 1.19 bits per heavy atom. The minimum Gasteiger partial charge on any atom is -0.298 e.